The van der Waals surface area contributed by atoms with E-state index in [1.165, 1.54) is 4.88 Å². The molecule has 0 saturated carbocycles. The maximum absolute atomic E-state index is 7.47. The molecule has 1 heterocycles. The van der Waals surface area contributed by atoms with Gasteiger partial charge in [0.05, 0.1) is 12.3 Å². The first-order chi connectivity index (χ1) is 10.0. The quantitative estimate of drug-likeness (QED) is 0.635. The minimum absolute atomic E-state index is 0.00803. The maximum Gasteiger partial charge on any atom is 0.161 e. The largest absolute Gasteiger partial charge is 0.490 e. The number of aryl methyl sites for hydroxylation is 2. The summed E-state index contributed by atoms with van der Waals surface area (Å²) in [6, 6.07) is 5.24. The first-order valence-electron chi connectivity index (χ1n) is 6.68. The van der Waals surface area contributed by atoms with E-state index in [-0.39, 0.29) is 5.84 Å². The van der Waals surface area contributed by atoms with Crippen molar-refractivity contribution in [2.45, 2.75) is 27.4 Å². The zero-order valence-corrected chi connectivity index (χ0v) is 13.2. The van der Waals surface area contributed by atoms with Crippen LogP contribution in [0.3, 0.4) is 0 Å². The molecule has 0 saturated heterocycles. The lowest BCUT2D eigenvalue weighted by Crippen LogP contribution is -2.11. The highest BCUT2D eigenvalue weighted by atomic mass is 32.1. The van der Waals surface area contributed by atoms with Crippen LogP contribution in [-0.2, 0) is 6.61 Å². The van der Waals surface area contributed by atoms with Gasteiger partial charge in [-0.2, -0.15) is 0 Å². The molecule has 1 aromatic heterocycles. The smallest absolute Gasteiger partial charge is 0.161 e. The fourth-order valence-corrected chi connectivity index (χ4v) is 2.65. The highest BCUT2D eigenvalue weighted by Crippen LogP contribution is 2.29. The van der Waals surface area contributed by atoms with E-state index in [1.54, 1.807) is 29.5 Å². The first-order valence-corrected chi connectivity index (χ1v) is 7.49. The van der Waals surface area contributed by atoms with Gasteiger partial charge in [0.1, 0.15) is 17.5 Å². The molecule has 0 fully saturated rings. The number of amidine groups is 1. The van der Waals surface area contributed by atoms with Crippen LogP contribution in [0.4, 0.5) is 0 Å². The van der Waals surface area contributed by atoms with E-state index in [1.807, 2.05) is 20.8 Å². The van der Waals surface area contributed by atoms with E-state index in [4.69, 9.17) is 20.6 Å². The number of rotatable bonds is 6. The molecule has 21 heavy (non-hydrogen) atoms. The molecule has 0 aliphatic carbocycles. The lowest BCUT2D eigenvalue weighted by Gasteiger charge is -2.12. The molecule has 0 spiro atoms. The minimum atomic E-state index is 0.00803. The molecule has 2 rings (SSSR count). The van der Waals surface area contributed by atoms with Crippen molar-refractivity contribution >= 4 is 17.2 Å². The maximum atomic E-state index is 7.47. The number of nitrogens with one attached hydrogen (secondary N) is 1. The lowest BCUT2D eigenvalue weighted by atomic mass is 10.2. The van der Waals surface area contributed by atoms with Crippen LogP contribution in [0.1, 0.15) is 28.1 Å². The highest BCUT2D eigenvalue weighted by Gasteiger charge is 2.10. The van der Waals surface area contributed by atoms with E-state index in [0.29, 0.717) is 30.3 Å². The Kier molecular flexibility index (Phi) is 4.80. The van der Waals surface area contributed by atoms with Crippen LogP contribution < -0.4 is 15.2 Å². The Hall–Kier alpha value is -2.08. The second-order valence-electron chi connectivity index (χ2n) is 4.55. The summed E-state index contributed by atoms with van der Waals surface area (Å²) in [5.74, 6) is 1.23. The second-order valence-corrected chi connectivity index (χ2v) is 5.83. The van der Waals surface area contributed by atoms with Crippen molar-refractivity contribution in [3.05, 3.63) is 39.3 Å². The second kappa shape index (κ2) is 6.58. The average molecular weight is 305 g/mol. The zero-order chi connectivity index (χ0) is 15.4. The summed E-state index contributed by atoms with van der Waals surface area (Å²) in [4.78, 5) is 5.64. The van der Waals surface area contributed by atoms with Gasteiger partial charge in [0, 0.05) is 10.4 Å². The Morgan fingerprint density at radius 1 is 1.29 bits per heavy atom. The van der Waals surface area contributed by atoms with Crippen LogP contribution in [0, 0.1) is 19.3 Å². The Morgan fingerprint density at radius 2 is 2.05 bits per heavy atom. The van der Waals surface area contributed by atoms with E-state index in [0.717, 1.165) is 10.7 Å². The molecular weight excluding hydrogens is 286 g/mol. The number of thiazole rings is 1. The molecule has 5 nitrogen and oxygen atoms in total. The van der Waals surface area contributed by atoms with E-state index >= 15 is 0 Å². The van der Waals surface area contributed by atoms with Gasteiger partial charge < -0.3 is 15.2 Å². The summed E-state index contributed by atoms with van der Waals surface area (Å²) in [5, 5.41) is 8.40. The standard InChI is InChI=1S/C15H19N3O2S/c1-4-19-13-7-11(15(16)17)5-6-12(13)20-8-14-18-9(2)10(3)21-14/h5-7H,4,8H2,1-3H3,(H3,16,17). The zero-order valence-electron chi connectivity index (χ0n) is 12.4. The fourth-order valence-electron chi connectivity index (χ4n) is 1.80. The molecule has 112 valence electrons. The van der Waals surface area contributed by atoms with E-state index in [9.17, 15) is 0 Å². The summed E-state index contributed by atoms with van der Waals surface area (Å²) >= 11 is 1.63. The number of nitrogen functional groups attached to an aromatic ring is 1. The molecule has 2 aromatic rings. The van der Waals surface area contributed by atoms with Crippen molar-refractivity contribution in [1.82, 2.24) is 4.98 Å². The van der Waals surface area contributed by atoms with Gasteiger partial charge in [-0.1, -0.05) is 0 Å². The molecule has 0 radical (unpaired) electrons. The Morgan fingerprint density at radius 3 is 2.62 bits per heavy atom. The Balaban J connectivity index is 2.16. The molecule has 6 heteroatoms. The van der Waals surface area contributed by atoms with E-state index < -0.39 is 0 Å². The number of benzene rings is 1. The van der Waals surface area contributed by atoms with Crippen LogP contribution in [0.25, 0.3) is 0 Å². The number of nitrogens with two attached hydrogens (primary N) is 1. The SMILES string of the molecule is CCOc1cc(C(=N)N)ccc1OCc1nc(C)c(C)s1. The van der Waals surface area contributed by atoms with Crippen LogP contribution in [0.15, 0.2) is 18.2 Å². The summed E-state index contributed by atoms with van der Waals surface area (Å²) in [5.41, 5.74) is 7.15. The van der Waals surface area contributed by atoms with Gasteiger partial charge >= 0.3 is 0 Å². The molecule has 0 aliphatic heterocycles. The van der Waals surface area contributed by atoms with Crippen molar-refractivity contribution in [3.63, 3.8) is 0 Å². The van der Waals surface area contributed by atoms with Crippen molar-refractivity contribution in [2.75, 3.05) is 6.61 Å². The van der Waals surface area contributed by atoms with Gasteiger partial charge in [0.25, 0.3) is 0 Å². The summed E-state index contributed by atoms with van der Waals surface area (Å²) in [6.45, 7) is 6.86. The third kappa shape index (κ3) is 3.72. The fraction of sp³-hybridized carbons (Fsp3) is 0.333. The van der Waals surface area contributed by atoms with Gasteiger partial charge in [-0.15, -0.1) is 11.3 Å². The normalized spacial score (nSPS) is 10.4. The van der Waals surface area contributed by atoms with Crippen LogP contribution >= 0.6 is 11.3 Å². The molecular formula is C15H19N3O2S. The molecule has 3 N–H and O–H groups in total. The number of hydrogen-bond donors (Lipinski definition) is 2. The molecule has 0 amide bonds. The van der Waals surface area contributed by atoms with Crippen molar-refractivity contribution in [3.8, 4) is 11.5 Å². The van der Waals surface area contributed by atoms with Gasteiger partial charge in [-0.05, 0) is 39.0 Å². The molecule has 0 aliphatic rings. The van der Waals surface area contributed by atoms with Gasteiger partial charge in [0.15, 0.2) is 11.5 Å². The number of hydrogen-bond acceptors (Lipinski definition) is 5. The minimum Gasteiger partial charge on any atom is -0.490 e. The molecule has 0 atom stereocenters. The Labute approximate surface area is 128 Å². The molecule has 1 aromatic carbocycles. The highest BCUT2D eigenvalue weighted by molar-refractivity contribution is 7.11. The third-order valence-corrected chi connectivity index (χ3v) is 4.02. The monoisotopic (exact) mass is 305 g/mol. The van der Waals surface area contributed by atoms with Gasteiger partial charge in [-0.25, -0.2) is 4.98 Å². The van der Waals surface area contributed by atoms with Crippen molar-refractivity contribution < 1.29 is 9.47 Å². The average Bonchev–Trinajstić information content (AvgIpc) is 2.76. The lowest BCUT2D eigenvalue weighted by molar-refractivity contribution is 0.269. The van der Waals surface area contributed by atoms with Crippen LogP contribution in [-0.4, -0.2) is 17.4 Å². The Bertz CT molecular complexity index is 633. The summed E-state index contributed by atoms with van der Waals surface area (Å²) in [7, 11) is 0. The van der Waals surface area contributed by atoms with E-state index in [2.05, 4.69) is 4.98 Å². The predicted molar refractivity (Wildman–Crippen MR) is 84.5 cm³/mol. The predicted octanol–water partition coefficient (Wildman–Crippen LogP) is 3.02. The number of nitrogens with zero attached hydrogens (tertiary/aromatic N) is 1. The van der Waals surface area contributed by atoms with Crippen molar-refractivity contribution in [2.24, 2.45) is 5.73 Å². The van der Waals surface area contributed by atoms with Crippen LogP contribution in [0.2, 0.25) is 0 Å². The molecule has 0 bridgehead atoms. The molecule has 0 unspecified atom stereocenters. The van der Waals surface area contributed by atoms with Crippen molar-refractivity contribution in [1.29, 1.82) is 5.41 Å². The third-order valence-electron chi connectivity index (χ3n) is 2.98. The topological polar surface area (TPSA) is 81.2 Å². The number of aromatic nitrogens is 1. The van der Waals surface area contributed by atoms with Crippen LogP contribution in [0.5, 0.6) is 11.5 Å². The van der Waals surface area contributed by atoms with Gasteiger partial charge in [-0.3, -0.25) is 5.41 Å². The van der Waals surface area contributed by atoms with Gasteiger partial charge in [0.2, 0.25) is 0 Å². The summed E-state index contributed by atoms with van der Waals surface area (Å²) in [6.07, 6.45) is 0. The number of ether oxygens (including phenoxy) is 2. The first kappa shape index (κ1) is 15.3. The summed E-state index contributed by atoms with van der Waals surface area (Å²) < 4.78 is 11.3.